The van der Waals surface area contributed by atoms with Crippen LogP contribution in [0.2, 0.25) is 4.73 Å². The van der Waals surface area contributed by atoms with Crippen LogP contribution in [0.4, 0.5) is 0 Å². The average molecular weight is 317 g/mol. The zero-order valence-electron chi connectivity index (χ0n) is 13.9. The van der Waals surface area contributed by atoms with Gasteiger partial charge in [0.25, 0.3) is 0 Å². The Bertz CT molecular complexity index is 182. The van der Waals surface area contributed by atoms with Crippen LogP contribution in [0.3, 0.4) is 0 Å². The molecule has 0 aliphatic rings. The van der Waals surface area contributed by atoms with E-state index in [0.29, 0.717) is 0 Å². The van der Waals surface area contributed by atoms with Crippen molar-refractivity contribution in [2.45, 2.75) is 114 Å². The standard InChI is InChI=1S/C18H37.O.Ti/c1-3-5-7-9-11-13-15-17-18-16-14-12-10-8-6-4-2;;/h1,3-18H2,2H3;;. The van der Waals surface area contributed by atoms with Gasteiger partial charge in [0.15, 0.2) is 0 Å². The number of hydrogen-bond acceptors (Lipinski definition) is 1. The second kappa shape index (κ2) is 19.5. The van der Waals surface area contributed by atoms with Gasteiger partial charge in [-0.15, -0.1) is 0 Å². The van der Waals surface area contributed by atoms with Gasteiger partial charge in [0.05, 0.1) is 0 Å². The Morgan fingerprint density at radius 3 is 1.10 bits per heavy atom. The fourth-order valence-corrected chi connectivity index (χ4v) is 3.36. The van der Waals surface area contributed by atoms with Crippen molar-refractivity contribution in [2.75, 3.05) is 0 Å². The summed E-state index contributed by atoms with van der Waals surface area (Å²) >= 11 is -0.798. The molecule has 0 rings (SSSR count). The number of hydrogen-bond donors (Lipinski definition) is 0. The van der Waals surface area contributed by atoms with E-state index in [1.807, 2.05) is 0 Å². The normalized spacial score (nSPS) is 10.7. The molecule has 0 amide bonds. The van der Waals surface area contributed by atoms with Gasteiger partial charge in [0.2, 0.25) is 0 Å². The third-order valence-electron chi connectivity index (χ3n) is 4.13. The molecule has 1 nitrogen and oxygen atoms in total. The van der Waals surface area contributed by atoms with Crippen molar-refractivity contribution < 1.29 is 22.4 Å². The maximum absolute atomic E-state index is 10.4. The molecule has 119 valence electrons. The first-order chi connectivity index (χ1) is 9.91. The van der Waals surface area contributed by atoms with E-state index < -0.39 is 19.1 Å². The molecule has 0 aromatic rings. The molecule has 0 atom stereocenters. The van der Waals surface area contributed by atoms with E-state index >= 15 is 0 Å². The van der Waals surface area contributed by atoms with Crippen LogP contribution in [0.15, 0.2) is 0 Å². The van der Waals surface area contributed by atoms with Crippen LogP contribution in [-0.2, 0) is 22.4 Å². The van der Waals surface area contributed by atoms with Crippen LogP contribution >= 0.6 is 0 Å². The molecule has 20 heavy (non-hydrogen) atoms. The van der Waals surface area contributed by atoms with E-state index in [-0.39, 0.29) is 0 Å². The SMILES string of the molecule is CCCCCCCCCCCCCCCCC[CH2][Ti]=[O]. The summed E-state index contributed by atoms with van der Waals surface area (Å²) in [7, 11) is 0. The monoisotopic (exact) mass is 317 g/mol. The Morgan fingerprint density at radius 1 is 0.500 bits per heavy atom. The van der Waals surface area contributed by atoms with Gasteiger partial charge in [0.1, 0.15) is 0 Å². The second-order valence-corrected chi connectivity index (χ2v) is 7.43. The molecule has 0 spiro atoms. The van der Waals surface area contributed by atoms with Crippen LogP contribution in [0.25, 0.3) is 0 Å². The molecule has 0 radical (unpaired) electrons. The summed E-state index contributed by atoms with van der Waals surface area (Å²) in [6.45, 7) is 2.29. The Morgan fingerprint density at radius 2 is 0.800 bits per heavy atom. The van der Waals surface area contributed by atoms with Crippen LogP contribution in [0.5, 0.6) is 0 Å². The molecule has 0 saturated heterocycles. The van der Waals surface area contributed by atoms with Crippen LogP contribution in [-0.4, -0.2) is 0 Å². The van der Waals surface area contributed by atoms with Crippen molar-refractivity contribution in [3.05, 3.63) is 0 Å². The Labute approximate surface area is 136 Å². The summed E-state index contributed by atoms with van der Waals surface area (Å²) in [5.74, 6) is 0. The molecule has 0 heterocycles. The first kappa shape index (κ1) is 20.5. The molecular formula is C18H37OTi. The van der Waals surface area contributed by atoms with Crippen molar-refractivity contribution in [1.29, 1.82) is 0 Å². The van der Waals surface area contributed by atoms with E-state index in [9.17, 15) is 3.32 Å². The second-order valence-electron chi connectivity index (χ2n) is 6.20. The van der Waals surface area contributed by atoms with E-state index in [1.165, 1.54) is 103 Å². The van der Waals surface area contributed by atoms with Crippen LogP contribution < -0.4 is 0 Å². The average Bonchev–Trinajstić information content (AvgIpc) is 2.47. The van der Waals surface area contributed by atoms with Gasteiger partial charge in [-0.25, -0.2) is 0 Å². The van der Waals surface area contributed by atoms with Gasteiger partial charge in [-0.05, 0) is 0 Å². The van der Waals surface area contributed by atoms with E-state index in [0.717, 1.165) is 4.73 Å². The van der Waals surface area contributed by atoms with Crippen LogP contribution in [0, 0.1) is 0 Å². The summed E-state index contributed by atoms with van der Waals surface area (Å²) in [4.78, 5) is 0. The third kappa shape index (κ3) is 18.5. The summed E-state index contributed by atoms with van der Waals surface area (Å²) in [5.41, 5.74) is 0. The molecule has 0 aliphatic heterocycles. The third-order valence-corrected chi connectivity index (χ3v) is 5.00. The Kier molecular flexibility index (Phi) is 20.0. The first-order valence-electron chi connectivity index (χ1n) is 9.26. The molecule has 0 saturated carbocycles. The Hall–Kier alpha value is 0.514. The zero-order valence-corrected chi connectivity index (χ0v) is 15.5. The predicted octanol–water partition coefficient (Wildman–Crippen LogP) is 7.09. The molecule has 0 bridgehead atoms. The minimum absolute atomic E-state index is 0.798. The van der Waals surface area contributed by atoms with E-state index in [4.69, 9.17) is 0 Å². The minimum atomic E-state index is -0.798. The molecule has 0 unspecified atom stereocenters. The number of unbranched alkanes of at least 4 members (excludes halogenated alkanes) is 15. The van der Waals surface area contributed by atoms with Gasteiger partial charge in [-0.3, -0.25) is 0 Å². The molecule has 0 fully saturated rings. The molecule has 2 heteroatoms. The van der Waals surface area contributed by atoms with Crippen LogP contribution in [0.1, 0.15) is 110 Å². The Balaban J connectivity index is 2.90. The van der Waals surface area contributed by atoms with Gasteiger partial charge in [-0.2, -0.15) is 0 Å². The number of rotatable bonds is 17. The summed E-state index contributed by atoms with van der Waals surface area (Å²) in [6.07, 6.45) is 22.6. The van der Waals surface area contributed by atoms with Crippen molar-refractivity contribution >= 4 is 0 Å². The van der Waals surface area contributed by atoms with Crippen molar-refractivity contribution in [2.24, 2.45) is 0 Å². The quantitative estimate of drug-likeness (QED) is 0.207. The summed E-state index contributed by atoms with van der Waals surface area (Å²) in [6, 6.07) is 0. The molecule has 0 aromatic heterocycles. The fourth-order valence-electron chi connectivity index (χ4n) is 2.75. The fraction of sp³-hybridized carbons (Fsp3) is 1.00. The van der Waals surface area contributed by atoms with E-state index in [2.05, 4.69) is 6.92 Å². The molecule has 0 N–H and O–H groups in total. The predicted molar refractivity (Wildman–Crippen MR) is 85.0 cm³/mol. The molecular weight excluding hydrogens is 280 g/mol. The van der Waals surface area contributed by atoms with Gasteiger partial charge in [-0.1, -0.05) is 39.0 Å². The van der Waals surface area contributed by atoms with Gasteiger partial charge in [0, 0.05) is 0 Å². The van der Waals surface area contributed by atoms with Crippen molar-refractivity contribution in [1.82, 2.24) is 0 Å². The topological polar surface area (TPSA) is 17.1 Å². The molecule has 0 aliphatic carbocycles. The van der Waals surface area contributed by atoms with Crippen molar-refractivity contribution in [3.8, 4) is 0 Å². The molecule has 0 aromatic carbocycles. The zero-order chi connectivity index (χ0) is 14.7. The maximum atomic E-state index is 10.4. The summed E-state index contributed by atoms with van der Waals surface area (Å²) in [5, 5.41) is 0. The van der Waals surface area contributed by atoms with Crippen molar-refractivity contribution in [3.63, 3.8) is 0 Å². The van der Waals surface area contributed by atoms with E-state index in [1.54, 1.807) is 0 Å². The summed E-state index contributed by atoms with van der Waals surface area (Å²) < 4.78 is 11.4. The first-order valence-corrected chi connectivity index (χ1v) is 11.0. The van der Waals surface area contributed by atoms with Gasteiger partial charge < -0.3 is 0 Å². The van der Waals surface area contributed by atoms with Gasteiger partial charge >= 0.3 is 97.8 Å².